The van der Waals surface area contributed by atoms with Gasteiger partial charge in [0.25, 0.3) is 5.69 Å². The molecule has 0 saturated heterocycles. The molecule has 110 valence electrons. The van der Waals surface area contributed by atoms with E-state index in [0.717, 1.165) is 6.07 Å². The van der Waals surface area contributed by atoms with E-state index in [1.807, 2.05) is 0 Å². The van der Waals surface area contributed by atoms with E-state index in [4.69, 9.17) is 4.74 Å². The molecule has 0 atom stereocenters. The highest BCUT2D eigenvalue weighted by molar-refractivity contribution is 5.43. The lowest BCUT2D eigenvalue weighted by Gasteiger charge is -2.08. The van der Waals surface area contributed by atoms with Gasteiger partial charge in [-0.25, -0.2) is 9.07 Å². The third-order valence-electron chi connectivity index (χ3n) is 2.86. The largest absolute Gasteiger partial charge is 0.454 e. The van der Waals surface area contributed by atoms with Gasteiger partial charge in [-0.1, -0.05) is 11.3 Å². The smallest absolute Gasteiger partial charge is 0.272 e. The van der Waals surface area contributed by atoms with Crippen LogP contribution in [-0.4, -0.2) is 19.9 Å². The third-order valence-corrected chi connectivity index (χ3v) is 2.86. The minimum Gasteiger partial charge on any atom is -0.454 e. The van der Waals surface area contributed by atoms with Gasteiger partial charge < -0.3 is 4.74 Å². The van der Waals surface area contributed by atoms with Crippen molar-refractivity contribution >= 4 is 5.69 Å². The van der Waals surface area contributed by atoms with E-state index in [9.17, 15) is 14.5 Å². The second-order valence-corrected chi connectivity index (χ2v) is 4.32. The second-order valence-electron chi connectivity index (χ2n) is 4.32. The van der Waals surface area contributed by atoms with Crippen molar-refractivity contribution in [2.75, 3.05) is 0 Å². The average molecular weight is 300 g/mol. The third kappa shape index (κ3) is 2.75. The molecule has 0 spiro atoms. The molecule has 0 aliphatic rings. The molecule has 3 aromatic rings. The molecule has 0 unspecified atom stereocenters. The number of non-ortho nitro benzene ring substituents is 1. The predicted molar refractivity (Wildman–Crippen MR) is 74.5 cm³/mol. The zero-order valence-corrected chi connectivity index (χ0v) is 11.1. The van der Waals surface area contributed by atoms with Gasteiger partial charge in [0.1, 0.15) is 5.75 Å². The van der Waals surface area contributed by atoms with Gasteiger partial charge in [0, 0.05) is 12.1 Å². The summed E-state index contributed by atoms with van der Waals surface area (Å²) >= 11 is 0. The van der Waals surface area contributed by atoms with Gasteiger partial charge in [0.2, 0.25) is 0 Å². The number of halogens is 1. The molecule has 0 aliphatic heterocycles. The van der Waals surface area contributed by atoms with E-state index in [0.29, 0.717) is 11.4 Å². The monoisotopic (exact) mass is 300 g/mol. The van der Waals surface area contributed by atoms with Crippen LogP contribution < -0.4 is 4.74 Å². The highest BCUT2D eigenvalue weighted by Gasteiger charge is 2.12. The number of rotatable bonds is 4. The molecule has 1 heterocycles. The van der Waals surface area contributed by atoms with E-state index < -0.39 is 10.7 Å². The fraction of sp³-hybridized carbons (Fsp3) is 0. The standard InChI is InChI=1S/C14H9FN4O3/c15-13-9-11(19(20)21)4-5-14(13)22-12-3-1-2-10(8-12)18-7-6-16-17-18/h1-9H. The number of nitrogens with zero attached hydrogens (tertiary/aromatic N) is 4. The molecule has 0 N–H and O–H groups in total. The first-order valence-electron chi connectivity index (χ1n) is 6.22. The van der Waals surface area contributed by atoms with E-state index in [-0.39, 0.29) is 11.4 Å². The van der Waals surface area contributed by atoms with Crippen LogP contribution in [0.1, 0.15) is 0 Å². The maximum atomic E-state index is 13.8. The highest BCUT2D eigenvalue weighted by Crippen LogP contribution is 2.28. The summed E-state index contributed by atoms with van der Waals surface area (Å²) in [6, 6.07) is 10.0. The molecule has 8 heteroatoms. The maximum Gasteiger partial charge on any atom is 0.272 e. The summed E-state index contributed by atoms with van der Waals surface area (Å²) in [5, 5.41) is 18.1. The Balaban J connectivity index is 1.87. The van der Waals surface area contributed by atoms with Crippen LogP contribution in [0.4, 0.5) is 10.1 Å². The van der Waals surface area contributed by atoms with E-state index in [2.05, 4.69) is 10.3 Å². The van der Waals surface area contributed by atoms with Crippen LogP contribution in [0.25, 0.3) is 5.69 Å². The van der Waals surface area contributed by atoms with Gasteiger partial charge in [0.05, 0.1) is 29.1 Å². The number of benzene rings is 2. The van der Waals surface area contributed by atoms with Crippen LogP contribution in [-0.2, 0) is 0 Å². The lowest BCUT2D eigenvalue weighted by molar-refractivity contribution is -0.385. The van der Waals surface area contributed by atoms with Crippen molar-refractivity contribution in [2.24, 2.45) is 0 Å². The van der Waals surface area contributed by atoms with Crippen molar-refractivity contribution in [1.82, 2.24) is 15.0 Å². The average Bonchev–Trinajstić information content (AvgIpc) is 3.04. The number of aromatic nitrogens is 3. The maximum absolute atomic E-state index is 13.8. The van der Waals surface area contributed by atoms with Crippen molar-refractivity contribution in [3.63, 3.8) is 0 Å². The Labute approximate surface area is 123 Å². The Morgan fingerprint density at radius 1 is 1.23 bits per heavy atom. The molecule has 1 aromatic heterocycles. The SMILES string of the molecule is O=[N+]([O-])c1ccc(Oc2cccc(-n3ccnn3)c2)c(F)c1. The van der Waals surface area contributed by atoms with Gasteiger partial charge in [-0.15, -0.1) is 5.10 Å². The van der Waals surface area contributed by atoms with Crippen molar-refractivity contribution in [3.8, 4) is 17.2 Å². The van der Waals surface area contributed by atoms with Gasteiger partial charge in [-0.2, -0.15) is 0 Å². The molecular formula is C14H9FN4O3. The zero-order chi connectivity index (χ0) is 15.5. The summed E-state index contributed by atoms with van der Waals surface area (Å²) in [7, 11) is 0. The summed E-state index contributed by atoms with van der Waals surface area (Å²) in [5.74, 6) is -0.526. The van der Waals surface area contributed by atoms with Crippen LogP contribution in [0.3, 0.4) is 0 Å². The van der Waals surface area contributed by atoms with Crippen LogP contribution in [0, 0.1) is 15.9 Å². The molecule has 0 amide bonds. The molecule has 0 radical (unpaired) electrons. The van der Waals surface area contributed by atoms with Crippen molar-refractivity contribution in [3.05, 3.63) is 70.8 Å². The number of nitro groups is 1. The fourth-order valence-electron chi connectivity index (χ4n) is 1.85. The molecule has 0 bridgehead atoms. The Kier molecular flexibility index (Phi) is 3.48. The first-order valence-corrected chi connectivity index (χ1v) is 6.22. The Hall–Kier alpha value is -3.29. The summed E-state index contributed by atoms with van der Waals surface area (Å²) in [6.07, 6.45) is 3.19. The molecule has 2 aromatic carbocycles. The summed E-state index contributed by atoms with van der Waals surface area (Å²) in [6.45, 7) is 0. The van der Waals surface area contributed by atoms with Gasteiger partial charge >= 0.3 is 0 Å². The molecular weight excluding hydrogens is 291 g/mol. The van der Waals surface area contributed by atoms with Gasteiger partial charge in [-0.3, -0.25) is 10.1 Å². The molecule has 22 heavy (non-hydrogen) atoms. The first kappa shape index (κ1) is 13.7. The minimum atomic E-state index is -0.805. The molecule has 0 fully saturated rings. The Bertz CT molecular complexity index is 821. The first-order chi connectivity index (χ1) is 10.6. The van der Waals surface area contributed by atoms with Crippen molar-refractivity contribution in [1.29, 1.82) is 0 Å². The zero-order valence-electron chi connectivity index (χ0n) is 11.1. The fourth-order valence-corrected chi connectivity index (χ4v) is 1.85. The van der Waals surface area contributed by atoms with Crippen molar-refractivity contribution in [2.45, 2.75) is 0 Å². The molecule has 3 rings (SSSR count). The van der Waals surface area contributed by atoms with Gasteiger partial charge in [0.15, 0.2) is 11.6 Å². The highest BCUT2D eigenvalue weighted by atomic mass is 19.1. The summed E-state index contributed by atoms with van der Waals surface area (Å²) < 4.78 is 20.8. The number of hydrogen-bond donors (Lipinski definition) is 0. The van der Waals surface area contributed by atoms with Crippen LogP contribution in [0.2, 0.25) is 0 Å². The van der Waals surface area contributed by atoms with Crippen LogP contribution >= 0.6 is 0 Å². The number of hydrogen-bond acceptors (Lipinski definition) is 5. The van der Waals surface area contributed by atoms with E-state index >= 15 is 0 Å². The molecule has 7 nitrogen and oxygen atoms in total. The topological polar surface area (TPSA) is 83.1 Å². The van der Waals surface area contributed by atoms with Crippen LogP contribution in [0.15, 0.2) is 54.9 Å². The normalized spacial score (nSPS) is 10.4. The van der Waals surface area contributed by atoms with E-state index in [1.165, 1.54) is 23.0 Å². The lowest BCUT2D eigenvalue weighted by Crippen LogP contribution is -1.96. The Morgan fingerprint density at radius 2 is 2.09 bits per heavy atom. The number of nitro benzene ring substituents is 1. The van der Waals surface area contributed by atoms with Crippen LogP contribution in [0.5, 0.6) is 11.5 Å². The Morgan fingerprint density at radius 3 is 2.77 bits per heavy atom. The van der Waals surface area contributed by atoms with E-state index in [1.54, 1.807) is 30.5 Å². The quantitative estimate of drug-likeness (QED) is 0.546. The summed E-state index contributed by atoms with van der Waals surface area (Å²) in [5.41, 5.74) is 0.360. The van der Waals surface area contributed by atoms with Gasteiger partial charge in [-0.05, 0) is 18.2 Å². The predicted octanol–water partition coefficient (Wildman–Crippen LogP) is 3.11. The lowest BCUT2D eigenvalue weighted by atomic mass is 10.2. The molecule has 0 aliphatic carbocycles. The summed E-state index contributed by atoms with van der Waals surface area (Å²) in [4.78, 5) is 9.91. The molecule has 0 saturated carbocycles. The number of ether oxygens (including phenoxy) is 1. The van der Waals surface area contributed by atoms with Crippen molar-refractivity contribution < 1.29 is 14.1 Å². The second kappa shape index (κ2) is 5.60. The minimum absolute atomic E-state index is 0.0960.